The minimum Gasteiger partial charge on any atom is -0.352 e. The second-order valence-electron chi connectivity index (χ2n) is 7.13. The van der Waals surface area contributed by atoms with Crippen LogP contribution in [0.25, 0.3) is 0 Å². The van der Waals surface area contributed by atoms with E-state index in [1.54, 1.807) is 30.3 Å². The topological polar surface area (TPSA) is 66.5 Å². The zero-order chi connectivity index (χ0) is 20.9. The van der Waals surface area contributed by atoms with E-state index in [9.17, 15) is 13.2 Å². The number of halogens is 2. The van der Waals surface area contributed by atoms with Crippen LogP contribution in [0.1, 0.15) is 36.8 Å². The predicted molar refractivity (Wildman–Crippen MR) is 116 cm³/mol. The summed E-state index contributed by atoms with van der Waals surface area (Å²) in [6, 6.07) is 12.2. The average molecular weight is 455 g/mol. The molecule has 0 aliphatic carbocycles. The summed E-state index contributed by atoms with van der Waals surface area (Å²) in [4.78, 5) is 12.4. The van der Waals surface area contributed by atoms with Crippen molar-refractivity contribution in [2.75, 3.05) is 13.1 Å². The van der Waals surface area contributed by atoms with Crippen LogP contribution in [-0.4, -0.2) is 31.7 Å². The second kappa shape index (κ2) is 9.94. The lowest BCUT2D eigenvalue weighted by Gasteiger charge is -2.15. The fraction of sp³-hybridized carbons (Fsp3) is 0.381. The molecule has 1 saturated heterocycles. The molecule has 2 aromatic rings. The van der Waals surface area contributed by atoms with Crippen molar-refractivity contribution in [1.29, 1.82) is 0 Å². The van der Waals surface area contributed by atoms with Gasteiger partial charge in [-0.25, -0.2) is 8.42 Å². The Labute approximate surface area is 182 Å². The second-order valence-corrected chi connectivity index (χ2v) is 9.89. The van der Waals surface area contributed by atoms with Crippen molar-refractivity contribution >= 4 is 39.1 Å². The van der Waals surface area contributed by atoms with Crippen LogP contribution < -0.4 is 5.32 Å². The van der Waals surface area contributed by atoms with E-state index in [0.717, 1.165) is 30.4 Å². The normalized spacial score (nSPS) is 14.8. The molecule has 2 aromatic carbocycles. The number of carbonyl (C=O) groups is 1. The Bertz CT molecular complexity index is 956. The molecule has 1 heterocycles. The van der Waals surface area contributed by atoms with Crippen LogP contribution in [0, 0.1) is 0 Å². The molecule has 8 heteroatoms. The number of nitrogens with one attached hydrogen (secondary N) is 1. The summed E-state index contributed by atoms with van der Waals surface area (Å²) >= 11 is 11.9. The summed E-state index contributed by atoms with van der Waals surface area (Å²) in [6.45, 7) is 1.54. The average Bonchev–Trinajstić information content (AvgIpc) is 3.25. The van der Waals surface area contributed by atoms with Gasteiger partial charge in [0.05, 0.1) is 14.9 Å². The Balaban J connectivity index is 1.44. The molecular weight excluding hydrogens is 431 g/mol. The molecule has 156 valence electrons. The molecule has 5 nitrogen and oxygen atoms in total. The lowest BCUT2D eigenvalue weighted by Crippen LogP contribution is -2.27. The van der Waals surface area contributed by atoms with E-state index in [4.69, 9.17) is 23.2 Å². The Morgan fingerprint density at radius 3 is 2.28 bits per heavy atom. The van der Waals surface area contributed by atoms with Gasteiger partial charge in [-0.3, -0.25) is 4.79 Å². The Kier molecular flexibility index (Phi) is 7.57. The summed E-state index contributed by atoms with van der Waals surface area (Å²) < 4.78 is 26.6. The largest absolute Gasteiger partial charge is 0.352 e. The van der Waals surface area contributed by atoms with E-state index < -0.39 is 10.0 Å². The molecule has 1 N–H and O–H groups in total. The lowest BCUT2D eigenvalue weighted by atomic mass is 10.1. The molecular formula is C21H24Cl2N2O3S. The quantitative estimate of drug-likeness (QED) is 0.641. The van der Waals surface area contributed by atoms with E-state index in [-0.39, 0.29) is 5.91 Å². The molecule has 1 amide bonds. The van der Waals surface area contributed by atoms with Crippen LogP contribution >= 0.6 is 23.2 Å². The van der Waals surface area contributed by atoms with E-state index in [0.29, 0.717) is 47.4 Å². The summed E-state index contributed by atoms with van der Waals surface area (Å²) in [7, 11) is -3.40. The Hall–Kier alpha value is -1.60. The maximum atomic E-state index is 12.5. The third-order valence-corrected chi connectivity index (χ3v) is 7.62. The lowest BCUT2D eigenvalue weighted by molar-refractivity contribution is -0.121. The minimum absolute atomic E-state index is 0.0428. The number of nitrogens with zero attached hydrogens (tertiary/aromatic N) is 1. The Morgan fingerprint density at radius 1 is 0.966 bits per heavy atom. The number of hydrogen-bond donors (Lipinski definition) is 1. The van der Waals surface area contributed by atoms with Crippen molar-refractivity contribution in [3.8, 4) is 0 Å². The van der Waals surface area contributed by atoms with E-state index in [1.807, 2.05) is 12.1 Å². The van der Waals surface area contributed by atoms with E-state index in [2.05, 4.69) is 5.32 Å². The number of carbonyl (C=O) groups excluding carboxylic acids is 1. The number of hydrogen-bond acceptors (Lipinski definition) is 3. The van der Waals surface area contributed by atoms with Gasteiger partial charge in [-0.15, -0.1) is 0 Å². The van der Waals surface area contributed by atoms with Crippen molar-refractivity contribution in [2.24, 2.45) is 0 Å². The summed E-state index contributed by atoms with van der Waals surface area (Å²) in [5.74, 6) is -0.0428. The van der Waals surface area contributed by atoms with Gasteiger partial charge in [-0.1, -0.05) is 41.4 Å². The van der Waals surface area contributed by atoms with Gasteiger partial charge < -0.3 is 5.32 Å². The van der Waals surface area contributed by atoms with Gasteiger partial charge in [0.2, 0.25) is 15.9 Å². The monoisotopic (exact) mass is 454 g/mol. The van der Waals surface area contributed by atoms with Crippen LogP contribution in [0.3, 0.4) is 0 Å². The van der Waals surface area contributed by atoms with Gasteiger partial charge >= 0.3 is 0 Å². The fourth-order valence-corrected chi connectivity index (χ4v) is 5.13. The zero-order valence-electron chi connectivity index (χ0n) is 16.0. The third-order valence-electron chi connectivity index (χ3n) is 4.97. The highest BCUT2D eigenvalue weighted by molar-refractivity contribution is 7.89. The molecule has 3 rings (SSSR count). The van der Waals surface area contributed by atoms with Crippen LogP contribution in [-0.2, 0) is 27.8 Å². The van der Waals surface area contributed by atoms with Gasteiger partial charge in [0, 0.05) is 26.1 Å². The first kappa shape index (κ1) is 22.1. The maximum Gasteiger partial charge on any atom is 0.243 e. The first-order valence-electron chi connectivity index (χ1n) is 9.66. The molecule has 1 aliphatic heterocycles. The van der Waals surface area contributed by atoms with Gasteiger partial charge in [0.1, 0.15) is 0 Å². The molecule has 0 saturated carbocycles. The van der Waals surface area contributed by atoms with Gasteiger partial charge in [0.25, 0.3) is 0 Å². The highest BCUT2D eigenvalue weighted by atomic mass is 35.5. The molecule has 0 bridgehead atoms. The third kappa shape index (κ3) is 5.95. The summed E-state index contributed by atoms with van der Waals surface area (Å²) in [5, 5.41) is 3.91. The SMILES string of the molecule is O=C(CCCc1ccc(Cl)c(Cl)c1)NCc1ccc(S(=O)(=O)N2CCCC2)cc1. The Morgan fingerprint density at radius 2 is 1.62 bits per heavy atom. The van der Waals surface area contributed by atoms with Crippen LogP contribution in [0.4, 0.5) is 0 Å². The van der Waals surface area contributed by atoms with Crippen LogP contribution in [0.5, 0.6) is 0 Å². The van der Waals surface area contributed by atoms with E-state index in [1.165, 1.54) is 4.31 Å². The zero-order valence-corrected chi connectivity index (χ0v) is 18.4. The number of rotatable bonds is 8. The minimum atomic E-state index is -3.40. The molecule has 0 atom stereocenters. The summed E-state index contributed by atoms with van der Waals surface area (Å²) in [5.41, 5.74) is 1.91. The number of benzene rings is 2. The van der Waals surface area contributed by atoms with Crippen molar-refractivity contribution in [1.82, 2.24) is 9.62 Å². The number of sulfonamides is 1. The van der Waals surface area contributed by atoms with Crippen molar-refractivity contribution < 1.29 is 13.2 Å². The van der Waals surface area contributed by atoms with Gasteiger partial charge in [-0.05, 0) is 61.1 Å². The number of amides is 1. The van der Waals surface area contributed by atoms with E-state index >= 15 is 0 Å². The molecule has 0 aromatic heterocycles. The smallest absolute Gasteiger partial charge is 0.243 e. The first-order chi connectivity index (χ1) is 13.9. The molecule has 1 fully saturated rings. The summed E-state index contributed by atoms with van der Waals surface area (Å²) in [6.07, 6.45) is 3.68. The molecule has 29 heavy (non-hydrogen) atoms. The van der Waals surface area contributed by atoms with Crippen LogP contribution in [0.15, 0.2) is 47.4 Å². The van der Waals surface area contributed by atoms with Crippen LogP contribution in [0.2, 0.25) is 10.0 Å². The predicted octanol–water partition coefficient (Wildman–Crippen LogP) is 4.42. The molecule has 0 unspecified atom stereocenters. The van der Waals surface area contributed by atoms with Gasteiger partial charge in [0.15, 0.2) is 0 Å². The standard InChI is InChI=1S/C21H24Cl2N2O3S/c22-19-11-8-16(14-20(19)23)4-3-5-21(26)24-15-17-6-9-18(10-7-17)29(27,28)25-12-1-2-13-25/h6-11,14H,1-5,12-13,15H2,(H,24,26). The molecule has 0 spiro atoms. The highest BCUT2D eigenvalue weighted by Gasteiger charge is 2.26. The number of aryl methyl sites for hydroxylation is 1. The highest BCUT2D eigenvalue weighted by Crippen LogP contribution is 2.23. The maximum absolute atomic E-state index is 12.5. The van der Waals surface area contributed by atoms with Gasteiger partial charge in [-0.2, -0.15) is 4.31 Å². The van der Waals surface area contributed by atoms with Crippen molar-refractivity contribution in [2.45, 2.75) is 43.5 Å². The molecule has 0 radical (unpaired) electrons. The van der Waals surface area contributed by atoms with Crippen molar-refractivity contribution in [3.63, 3.8) is 0 Å². The fourth-order valence-electron chi connectivity index (χ4n) is 3.29. The first-order valence-corrected chi connectivity index (χ1v) is 11.9. The molecule has 1 aliphatic rings. The van der Waals surface area contributed by atoms with Crippen molar-refractivity contribution in [3.05, 3.63) is 63.6 Å².